The van der Waals surface area contributed by atoms with Gasteiger partial charge in [0.1, 0.15) is 11.6 Å². The predicted octanol–water partition coefficient (Wildman–Crippen LogP) is 3.27. The first-order valence-corrected chi connectivity index (χ1v) is 9.02. The van der Waals surface area contributed by atoms with Crippen molar-refractivity contribution in [3.63, 3.8) is 0 Å². The molecule has 4 aromatic rings. The van der Waals surface area contributed by atoms with Crippen molar-refractivity contribution in [1.29, 1.82) is 0 Å². The summed E-state index contributed by atoms with van der Waals surface area (Å²) >= 11 is 0. The number of imidazole rings is 1. The minimum absolute atomic E-state index is 0.230. The van der Waals surface area contributed by atoms with Gasteiger partial charge in [-0.1, -0.05) is 18.2 Å². The van der Waals surface area contributed by atoms with Crippen LogP contribution < -0.4 is 10.9 Å². The molecular weight excluding hydrogens is 357 g/mol. The maximum atomic E-state index is 13.6. The van der Waals surface area contributed by atoms with E-state index in [1.807, 2.05) is 36.9 Å². The highest BCUT2D eigenvalue weighted by Gasteiger charge is 2.45. The van der Waals surface area contributed by atoms with Crippen molar-refractivity contribution in [2.24, 2.45) is 7.05 Å². The van der Waals surface area contributed by atoms with Crippen LogP contribution in [0, 0.1) is 5.82 Å². The Kier molecular flexibility index (Phi) is 3.43. The van der Waals surface area contributed by atoms with Gasteiger partial charge in [-0.15, -0.1) is 0 Å². The zero-order valence-corrected chi connectivity index (χ0v) is 15.4. The first-order chi connectivity index (χ1) is 13.5. The molecule has 140 valence electrons. The van der Waals surface area contributed by atoms with Crippen LogP contribution in [-0.2, 0) is 12.6 Å². The van der Waals surface area contributed by atoms with Crippen molar-refractivity contribution in [2.45, 2.75) is 18.4 Å². The van der Waals surface area contributed by atoms with E-state index < -0.39 is 5.54 Å². The number of halogens is 1. The Hall–Kier alpha value is -3.48. The molecule has 1 aliphatic heterocycles. The van der Waals surface area contributed by atoms with Crippen molar-refractivity contribution in [1.82, 2.24) is 19.7 Å². The minimum Gasteiger partial charge on any atom is -0.374 e. The highest BCUT2D eigenvalue weighted by Crippen LogP contribution is 2.49. The zero-order valence-electron chi connectivity index (χ0n) is 15.4. The van der Waals surface area contributed by atoms with Crippen LogP contribution in [0.5, 0.6) is 0 Å². The summed E-state index contributed by atoms with van der Waals surface area (Å²) in [6.45, 7) is 2.05. The van der Waals surface area contributed by atoms with E-state index in [2.05, 4.69) is 20.5 Å². The molecular formula is C21H18FN5O. The van der Waals surface area contributed by atoms with Gasteiger partial charge in [-0.3, -0.25) is 4.79 Å². The summed E-state index contributed by atoms with van der Waals surface area (Å²) in [5.41, 5.74) is 1.58. The van der Waals surface area contributed by atoms with Gasteiger partial charge < -0.3 is 9.88 Å². The summed E-state index contributed by atoms with van der Waals surface area (Å²) < 4.78 is 15.5. The predicted molar refractivity (Wildman–Crippen MR) is 105 cm³/mol. The SMILES string of the molecule is Cn1ccnc1C1c2n[nH]c(=O)c3cccc(c23)NC1(C)c1ccc(F)cc1. The molecule has 2 aromatic heterocycles. The van der Waals surface area contributed by atoms with E-state index in [4.69, 9.17) is 0 Å². The molecule has 6 nitrogen and oxygen atoms in total. The second kappa shape index (κ2) is 5.76. The third kappa shape index (κ3) is 2.22. The van der Waals surface area contributed by atoms with Gasteiger partial charge in [0.05, 0.1) is 22.5 Å². The zero-order chi connectivity index (χ0) is 19.5. The van der Waals surface area contributed by atoms with Gasteiger partial charge in [0.25, 0.3) is 5.56 Å². The molecule has 0 fully saturated rings. The Balaban J connectivity index is 1.86. The number of nitrogens with zero attached hydrogens (tertiary/aromatic N) is 3. The molecule has 0 saturated heterocycles. The molecule has 2 aromatic carbocycles. The number of aryl methyl sites for hydroxylation is 1. The van der Waals surface area contributed by atoms with Gasteiger partial charge in [-0.25, -0.2) is 14.5 Å². The van der Waals surface area contributed by atoms with Crippen LogP contribution in [-0.4, -0.2) is 19.7 Å². The number of rotatable bonds is 2. The average Bonchev–Trinajstić information content (AvgIpc) is 3.10. The van der Waals surface area contributed by atoms with Crippen molar-refractivity contribution >= 4 is 16.5 Å². The number of H-pyrrole nitrogens is 1. The van der Waals surface area contributed by atoms with E-state index >= 15 is 0 Å². The van der Waals surface area contributed by atoms with E-state index in [9.17, 15) is 9.18 Å². The third-order valence-corrected chi connectivity index (χ3v) is 5.65. The van der Waals surface area contributed by atoms with Gasteiger partial charge in [-0.2, -0.15) is 5.10 Å². The molecule has 0 saturated carbocycles. The summed E-state index contributed by atoms with van der Waals surface area (Å²) in [4.78, 5) is 16.9. The molecule has 2 unspecified atom stereocenters. The lowest BCUT2D eigenvalue weighted by Gasteiger charge is -2.43. The Morgan fingerprint density at radius 1 is 1.18 bits per heavy atom. The number of nitrogens with one attached hydrogen (secondary N) is 2. The van der Waals surface area contributed by atoms with Crippen molar-refractivity contribution in [3.8, 4) is 0 Å². The largest absolute Gasteiger partial charge is 0.374 e. The maximum Gasteiger partial charge on any atom is 0.272 e. The molecule has 5 rings (SSSR count). The van der Waals surface area contributed by atoms with Crippen LogP contribution in [0.1, 0.15) is 29.9 Å². The first-order valence-electron chi connectivity index (χ1n) is 9.02. The van der Waals surface area contributed by atoms with Crippen LogP contribution in [0.4, 0.5) is 10.1 Å². The van der Waals surface area contributed by atoms with Crippen LogP contribution in [0.2, 0.25) is 0 Å². The summed E-state index contributed by atoms with van der Waals surface area (Å²) in [6.07, 6.45) is 3.62. The lowest BCUT2D eigenvalue weighted by atomic mass is 9.73. The van der Waals surface area contributed by atoms with Crippen molar-refractivity contribution in [3.05, 3.63) is 88.1 Å². The first kappa shape index (κ1) is 16.7. The molecule has 2 atom stereocenters. The molecule has 2 N–H and O–H groups in total. The van der Waals surface area contributed by atoms with Gasteiger partial charge >= 0.3 is 0 Å². The average molecular weight is 375 g/mol. The minimum atomic E-state index is -0.653. The molecule has 28 heavy (non-hydrogen) atoms. The highest BCUT2D eigenvalue weighted by molar-refractivity contribution is 5.97. The summed E-state index contributed by atoms with van der Waals surface area (Å²) in [5, 5.41) is 12.1. The van der Waals surface area contributed by atoms with E-state index in [0.29, 0.717) is 5.39 Å². The fourth-order valence-corrected chi connectivity index (χ4v) is 4.25. The molecule has 0 radical (unpaired) electrons. The van der Waals surface area contributed by atoms with E-state index in [-0.39, 0.29) is 17.3 Å². The lowest BCUT2D eigenvalue weighted by Crippen LogP contribution is -2.43. The molecule has 0 bridgehead atoms. The second-order valence-corrected chi connectivity index (χ2v) is 7.33. The number of anilines is 1. The number of hydrogen-bond acceptors (Lipinski definition) is 4. The topological polar surface area (TPSA) is 75.6 Å². The molecule has 0 aliphatic carbocycles. The third-order valence-electron chi connectivity index (χ3n) is 5.65. The summed E-state index contributed by atoms with van der Waals surface area (Å²) in [6, 6.07) is 12.0. The van der Waals surface area contributed by atoms with E-state index in [1.165, 1.54) is 12.1 Å². The number of aromatic amines is 1. The van der Waals surface area contributed by atoms with Crippen LogP contribution in [0.15, 0.2) is 59.7 Å². The molecule has 1 aliphatic rings. The molecule has 0 spiro atoms. The van der Waals surface area contributed by atoms with Crippen molar-refractivity contribution < 1.29 is 4.39 Å². The highest BCUT2D eigenvalue weighted by atomic mass is 19.1. The van der Waals surface area contributed by atoms with Crippen LogP contribution in [0.25, 0.3) is 10.8 Å². The fraction of sp³-hybridized carbons (Fsp3) is 0.190. The molecule has 0 amide bonds. The van der Waals surface area contributed by atoms with Gasteiger partial charge in [0.2, 0.25) is 0 Å². The lowest BCUT2D eigenvalue weighted by molar-refractivity contribution is 0.434. The standard InChI is InChI=1S/C21H18FN5O/c1-21(12-6-8-13(22)9-7-12)17(19-23-10-11-27(19)2)18-16-14(20(28)26-25-18)4-3-5-15(16)24-21/h3-11,17,24H,1-2H3,(H,26,28). The quantitative estimate of drug-likeness (QED) is 0.564. The van der Waals surface area contributed by atoms with Gasteiger partial charge in [0, 0.05) is 30.5 Å². The number of aromatic nitrogens is 4. The Morgan fingerprint density at radius 3 is 2.68 bits per heavy atom. The number of benzene rings is 2. The van der Waals surface area contributed by atoms with Gasteiger partial charge in [-0.05, 0) is 36.8 Å². The van der Waals surface area contributed by atoms with Crippen molar-refractivity contribution in [2.75, 3.05) is 5.32 Å². The van der Waals surface area contributed by atoms with Crippen LogP contribution in [0.3, 0.4) is 0 Å². The monoisotopic (exact) mass is 375 g/mol. The second-order valence-electron chi connectivity index (χ2n) is 7.33. The molecule has 3 heterocycles. The van der Waals surface area contributed by atoms with E-state index in [1.54, 1.807) is 24.4 Å². The Bertz CT molecular complexity index is 1260. The summed E-state index contributed by atoms with van der Waals surface area (Å²) in [7, 11) is 1.93. The van der Waals surface area contributed by atoms with Gasteiger partial charge in [0.15, 0.2) is 0 Å². The maximum absolute atomic E-state index is 13.6. The smallest absolute Gasteiger partial charge is 0.272 e. The fourth-order valence-electron chi connectivity index (χ4n) is 4.25. The molecule has 7 heteroatoms. The number of hydrogen-bond donors (Lipinski definition) is 2. The normalized spacial score (nSPS) is 20.9. The van der Waals surface area contributed by atoms with E-state index in [0.717, 1.165) is 28.2 Å². The Labute approximate surface area is 160 Å². The van der Waals surface area contributed by atoms with Crippen LogP contribution >= 0.6 is 0 Å². The summed E-state index contributed by atoms with van der Waals surface area (Å²) in [5.74, 6) is 0.212. The Morgan fingerprint density at radius 2 is 1.96 bits per heavy atom.